The number of hydrogen-bond acceptors (Lipinski definition) is 6. The van der Waals surface area contributed by atoms with Crippen LogP contribution in [0.3, 0.4) is 0 Å². The highest BCUT2D eigenvalue weighted by atomic mass is 16.4. The number of amides is 3. The van der Waals surface area contributed by atoms with Crippen molar-refractivity contribution >= 4 is 23.7 Å². The molecule has 4 atom stereocenters. The Bertz CT molecular complexity index is 832. The molecule has 1 aromatic rings. The summed E-state index contributed by atoms with van der Waals surface area (Å²) in [6.45, 7) is 3.50. The Kier molecular flexibility index (Phi) is 9.80. The Morgan fingerprint density at radius 1 is 1.09 bits per heavy atom. The third-order valence-corrected chi connectivity index (χ3v) is 5.59. The van der Waals surface area contributed by atoms with Gasteiger partial charge in [-0.15, -0.1) is 0 Å². The van der Waals surface area contributed by atoms with Gasteiger partial charge in [0.25, 0.3) is 0 Å². The van der Waals surface area contributed by atoms with Crippen LogP contribution in [0, 0.1) is 5.92 Å². The second-order valence-corrected chi connectivity index (χ2v) is 8.76. The van der Waals surface area contributed by atoms with Crippen LogP contribution in [0.5, 0.6) is 0 Å². The lowest BCUT2D eigenvalue weighted by atomic mass is 10.0. The Morgan fingerprint density at radius 2 is 1.73 bits per heavy atom. The monoisotopic (exact) mass is 462 g/mol. The average Bonchev–Trinajstić information content (AvgIpc) is 3.27. The van der Waals surface area contributed by atoms with E-state index in [0.717, 1.165) is 5.56 Å². The number of likely N-dealkylation sites (tertiary alicyclic amines) is 1. The lowest BCUT2D eigenvalue weighted by molar-refractivity contribution is -0.149. The minimum atomic E-state index is -1.17. The predicted octanol–water partition coefficient (Wildman–Crippen LogP) is -0.360. The van der Waals surface area contributed by atoms with E-state index in [0.29, 0.717) is 25.8 Å². The number of carbonyl (C=O) groups is 4. The van der Waals surface area contributed by atoms with Crippen LogP contribution in [-0.2, 0) is 25.6 Å². The van der Waals surface area contributed by atoms with Gasteiger partial charge in [0.1, 0.15) is 24.2 Å². The smallest absolute Gasteiger partial charge is 0.326 e. The molecule has 0 bridgehead atoms. The number of nitrogens with two attached hydrogens (primary N) is 1. The van der Waals surface area contributed by atoms with Crippen molar-refractivity contribution < 1.29 is 29.4 Å². The van der Waals surface area contributed by atoms with Crippen molar-refractivity contribution in [2.45, 2.75) is 63.7 Å². The second kappa shape index (κ2) is 12.3. The summed E-state index contributed by atoms with van der Waals surface area (Å²) in [5.74, 6) is -2.74. The highest BCUT2D eigenvalue weighted by molar-refractivity contribution is 5.94. The van der Waals surface area contributed by atoms with Crippen LogP contribution in [0.4, 0.5) is 0 Å². The van der Waals surface area contributed by atoms with Gasteiger partial charge in [-0.1, -0.05) is 44.2 Å². The number of nitrogens with zero attached hydrogens (tertiary/aromatic N) is 1. The Labute approximate surface area is 193 Å². The number of aliphatic carboxylic acids is 1. The largest absolute Gasteiger partial charge is 0.480 e. The molecule has 1 aromatic carbocycles. The number of hydrogen-bond donors (Lipinski definition) is 5. The molecule has 0 spiro atoms. The van der Waals surface area contributed by atoms with Crippen molar-refractivity contribution in [1.29, 1.82) is 0 Å². The lowest BCUT2D eigenvalue weighted by Crippen LogP contribution is -2.58. The van der Waals surface area contributed by atoms with Crippen molar-refractivity contribution in [1.82, 2.24) is 15.5 Å². The van der Waals surface area contributed by atoms with E-state index < -0.39 is 54.5 Å². The van der Waals surface area contributed by atoms with Gasteiger partial charge in [0.05, 0.1) is 6.61 Å². The quantitative estimate of drug-likeness (QED) is 0.300. The van der Waals surface area contributed by atoms with Gasteiger partial charge in [-0.05, 0) is 30.7 Å². The van der Waals surface area contributed by atoms with Gasteiger partial charge in [-0.2, -0.15) is 0 Å². The zero-order chi connectivity index (χ0) is 24.5. The van der Waals surface area contributed by atoms with Gasteiger partial charge in [-0.25, -0.2) is 4.79 Å². The van der Waals surface area contributed by atoms with E-state index in [1.165, 1.54) is 4.90 Å². The fourth-order valence-corrected chi connectivity index (χ4v) is 3.87. The molecule has 0 saturated carbocycles. The molecule has 2 rings (SSSR count). The number of rotatable bonds is 11. The summed E-state index contributed by atoms with van der Waals surface area (Å²) in [5.41, 5.74) is 6.36. The van der Waals surface area contributed by atoms with Crippen LogP contribution < -0.4 is 16.4 Å². The normalized spacial score (nSPS) is 18.5. The molecule has 1 fully saturated rings. The van der Waals surface area contributed by atoms with E-state index in [2.05, 4.69) is 10.6 Å². The maximum absolute atomic E-state index is 13.3. The van der Waals surface area contributed by atoms with Crippen LogP contribution in [0.1, 0.15) is 38.7 Å². The number of aliphatic hydroxyl groups is 1. The Morgan fingerprint density at radius 3 is 2.30 bits per heavy atom. The van der Waals surface area contributed by atoms with Crippen molar-refractivity contribution in [2.24, 2.45) is 11.7 Å². The summed E-state index contributed by atoms with van der Waals surface area (Å²) in [4.78, 5) is 51.6. The van der Waals surface area contributed by atoms with E-state index in [4.69, 9.17) is 10.8 Å². The fourth-order valence-electron chi connectivity index (χ4n) is 3.87. The summed E-state index contributed by atoms with van der Waals surface area (Å²) in [5, 5.41) is 23.9. The number of carbonyl (C=O) groups excluding carboxylic acids is 3. The van der Waals surface area contributed by atoms with Crippen LogP contribution in [0.15, 0.2) is 30.3 Å². The van der Waals surface area contributed by atoms with Gasteiger partial charge >= 0.3 is 5.97 Å². The fraction of sp³-hybridized carbons (Fsp3) is 0.565. The second-order valence-electron chi connectivity index (χ2n) is 8.76. The van der Waals surface area contributed by atoms with Gasteiger partial charge in [-0.3, -0.25) is 14.4 Å². The molecular weight excluding hydrogens is 428 g/mol. The molecule has 10 nitrogen and oxygen atoms in total. The zero-order valence-electron chi connectivity index (χ0n) is 19.1. The SMILES string of the molecule is CC(C)CC(NC(=O)C(N)CO)C(=O)NC(Cc1ccccc1)C(=O)N1CCCC1C(=O)O. The summed E-state index contributed by atoms with van der Waals surface area (Å²) >= 11 is 0. The summed E-state index contributed by atoms with van der Waals surface area (Å²) in [7, 11) is 0. The number of nitrogens with one attached hydrogen (secondary N) is 2. The molecule has 1 heterocycles. The van der Waals surface area contributed by atoms with Crippen molar-refractivity contribution in [3.63, 3.8) is 0 Å². The first-order valence-electron chi connectivity index (χ1n) is 11.2. The average molecular weight is 463 g/mol. The molecular formula is C23H34N4O6. The molecule has 0 aromatic heterocycles. The van der Waals surface area contributed by atoms with Crippen molar-refractivity contribution in [2.75, 3.05) is 13.2 Å². The molecule has 1 aliphatic rings. The van der Waals surface area contributed by atoms with E-state index in [9.17, 15) is 24.3 Å². The summed E-state index contributed by atoms with van der Waals surface area (Å²) < 4.78 is 0. The van der Waals surface area contributed by atoms with Crippen molar-refractivity contribution in [3.8, 4) is 0 Å². The molecule has 33 heavy (non-hydrogen) atoms. The molecule has 1 aliphatic heterocycles. The molecule has 0 aliphatic carbocycles. The van der Waals surface area contributed by atoms with Gasteiger partial charge < -0.3 is 31.5 Å². The number of aliphatic hydroxyl groups excluding tert-OH is 1. The molecule has 3 amide bonds. The Balaban J connectivity index is 2.25. The highest BCUT2D eigenvalue weighted by Crippen LogP contribution is 2.20. The molecule has 182 valence electrons. The first-order valence-corrected chi connectivity index (χ1v) is 11.2. The van der Waals surface area contributed by atoms with Crippen LogP contribution in [0.2, 0.25) is 0 Å². The first-order chi connectivity index (χ1) is 15.6. The first kappa shape index (κ1) is 26.3. The van der Waals surface area contributed by atoms with Crippen LogP contribution >= 0.6 is 0 Å². The highest BCUT2D eigenvalue weighted by Gasteiger charge is 2.38. The summed E-state index contributed by atoms with van der Waals surface area (Å²) in [6, 6.07) is 5.03. The van der Waals surface area contributed by atoms with Gasteiger partial charge in [0.15, 0.2) is 0 Å². The van der Waals surface area contributed by atoms with Crippen molar-refractivity contribution in [3.05, 3.63) is 35.9 Å². The van der Waals surface area contributed by atoms with Gasteiger partial charge in [0, 0.05) is 13.0 Å². The Hall–Kier alpha value is -2.98. The van der Waals surface area contributed by atoms with Gasteiger partial charge in [0.2, 0.25) is 17.7 Å². The minimum absolute atomic E-state index is 0.0460. The molecule has 4 unspecified atom stereocenters. The summed E-state index contributed by atoms with van der Waals surface area (Å²) in [6.07, 6.45) is 1.40. The van der Waals surface area contributed by atoms with E-state index >= 15 is 0 Å². The van der Waals surface area contributed by atoms with Crippen LogP contribution in [0.25, 0.3) is 0 Å². The third-order valence-electron chi connectivity index (χ3n) is 5.59. The maximum Gasteiger partial charge on any atom is 0.326 e. The lowest BCUT2D eigenvalue weighted by Gasteiger charge is -2.29. The molecule has 10 heteroatoms. The van der Waals surface area contributed by atoms with Crippen LogP contribution in [-0.4, -0.2) is 76.1 Å². The number of carboxylic acid groups (broad SMARTS) is 1. The zero-order valence-corrected chi connectivity index (χ0v) is 19.1. The topological polar surface area (TPSA) is 162 Å². The number of carboxylic acids is 1. The van der Waals surface area contributed by atoms with E-state index in [-0.39, 0.29) is 12.3 Å². The van der Waals surface area contributed by atoms with E-state index in [1.807, 2.05) is 44.2 Å². The minimum Gasteiger partial charge on any atom is -0.480 e. The number of benzene rings is 1. The molecule has 0 radical (unpaired) electrons. The third kappa shape index (κ3) is 7.54. The maximum atomic E-state index is 13.3. The standard InChI is InChI=1S/C23H34N4O6/c1-14(2)11-17(25-20(29)16(24)13-28)21(30)26-18(12-15-7-4-3-5-8-15)22(31)27-10-6-9-19(27)23(32)33/h3-5,7-8,14,16-19,28H,6,9-13,24H2,1-2H3,(H,25,29)(H,26,30)(H,32,33). The molecule has 1 saturated heterocycles. The molecule has 6 N–H and O–H groups in total. The van der Waals surface area contributed by atoms with E-state index in [1.54, 1.807) is 0 Å². The predicted molar refractivity (Wildman–Crippen MR) is 121 cm³/mol.